The van der Waals surface area contributed by atoms with Gasteiger partial charge in [0, 0.05) is 17.1 Å². The molecule has 0 saturated carbocycles. The summed E-state index contributed by atoms with van der Waals surface area (Å²) in [5, 5.41) is 8.66. The largest absolute Gasteiger partial charge is 0.308 e. The first kappa shape index (κ1) is 15.0. The highest BCUT2D eigenvalue weighted by molar-refractivity contribution is 6.30. The molecule has 4 nitrogen and oxygen atoms in total. The maximum atomic E-state index is 6.13. The maximum absolute atomic E-state index is 6.13. The number of rotatable bonds is 3. The molecule has 0 spiro atoms. The van der Waals surface area contributed by atoms with Gasteiger partial charge in [-0.15, -0.1) is 0 Å². The van der Waals surface area contributed by atoms with Crippen LogP contribution in [0.2, 0.25) is 5.02 Å². The summed E-state index contributed by atoms with van der Waals surface area (Å²) in [4.78, 5) is 4.36. The molecule has 2 rings (SSSR count). The Bertz CT molecular complexity index is 611. The first-order chi connectivity index (χ1) is 9.26. The van der Waals surface area contributed by atoms with E-state index in [1.54, 1.807) is 0 Å². The van der Waals surface area contributed by atoms with Crippen molar-refractivity contribution in [1.82, 2.24) is 20.1 Å². The van der Waals surface area contributed by atoms with Crippen LogP contribution in [0.25, 0.3) is 5.69 Å². The number of hydrogen-bond donors (Lipinski definition) is 1. The highest BCUT2D eigenvalue weighted by Gasteiger charge is 2.14. The van der Waals surface area contributed by atoms with Crippen LogP contribution in [-0.4, -0.2) is 20.3 Å². The van der Waals surface area contributed by atoms with Crippen molar-refractivity contribution in [2.24, 2.45) is 0 Å². The molecule has 1 aromatic carbocycles. The quantitative estimate of drug-likeness (QED) is 0.942. The van der Waals surface area contributed by atoms with Crippen molar-refractivity contribution in [3.05, 3.63) is 40.4 Å². The minimum Gasteiger partial charge on any atom is -0.308 e. The lowest BCUT2D eigenvalue weighted by atomic mass is 10.1. The monoisotopic (exact) mass is 292 g/mol. The molecule has 0 amide bonds. The van der Waals surface area contributed by atoms with E-state index in [9.17, 15) is 0 Å². The molecule has 5 heteroatoms. The van der Waals surface area contributed by atoms with Crippen LogP contribution in [0.15, 0.2) is 18.2 Å². The molecular weight excluding hydrogens is 272 g/mol. The van der Waals surface area contributed by atoms with Gasteiger partial charge in [0.05, 0.1) is 5.69 Å². The molecule has 0 saturated heterocycles. The standard InChI is InChI=1S/C15H21ClN4/c1-10-18-11(2)20(19-10)14-7-6-13(16)8-12(14)9-17-15(3,4)5/h6-8,17H,9H2,1-5H3. The fourth-order valence-electron chi connectivity index (χ4n) is 2.01. The third-order valence-corrected chi connectivity index (χ3v) is 3.19. The summed E-state index contributed by atoms with van der Waals surface area (Å²) in [6, 6.07) is 5.85. The van der Waals surface area contributed by atoms with E-state index in [4.69, 9.17) is 11.6 Å². The Balaban J connectivity index is 2.40. The zero-order valence-corrected chi connectivity index (χ0v) is 13.4. The smallest absolute Gasteiger partial charge is 0.148 e. The minimum absolute atomic E-state index is 0.0485. The topological polar surface area (TPSA) is 42.7 Å². The summed E-state index contributed by atoms with van der Waals surface area (Å²) in [5.41, 5.74) is 2.18. The van der Waals surface area contributed by atoms with Gasteiger partial charge >= 0.3 is 0 Å². The molecule has 0 atom stereocenters. The first-order valence-electron chi connectivity index (χ1n) is 6.70. The van der Waals surface area contributed by atoms with Crippen molar-refractivity contribution in [2.75, 3.05) is 0 Å². The number of benzene rings is 1. The highest BCUT2D eigenvalue weighted by atomic mass is 35.5. The molecule has 20 heavy (non-hydrogen) atoms. The zero-order chi connectivity index (χ0) is 14.9. The van der Waals surface area contributed by atoms with Crippen LogP contribution in [0.3, 0.4) is 0 Å². The second-order valence-corrected chi connectivity index (χ2v) is 6.43. The number of hydrogen-bond acceptors (Lipinski definition) is 3. The van der Waals surface area contributed by atoms with Gasteiger partial charge in [-0.2, -0.15) is 5.10 Å². The molecule has 0 radical (unpaired) electrons. The SMILES string of the molecule is Cc1nc(C)n(-c2ccc(Cl)cc2CNC(C)(C)C)n1. The molecule has 0 aliphatic carbocycles. The molecule has 0 bridgehead atoms. The van der Waals surface area contributed by atoms with E-state index < -0.39 is 0 Å². The second kappa shape index (κ2) is 5.54. The Morgan fingerprint density at radius 3 is 2.50 bits per heavy atom. The predicted molar refractivity (Wildman–Crippen MR) is 82.4 cm³/mol. The Hall–Kier alpha value is -1.39. The maximum Gasteiger partial charge on any atom is 0.148 e. The van der Waals surface area contributed by atoms with Crippen LogP contribution in [-0.2, 0) is 6.54 Å². The van der Waals surface area contributed by atoms with Crippen LogP contribution in [0.4, 0.5) is 0 Å². The lowest BCUT2D eigenvalue weighted by molar-refractivity contribution is 0.423. The summed E-state index contributed by atoms with van der Waals surface area (Å²) < 4.78 is 1.87. The van der Waals surface area contributed by atoms with E-state index in [2.05, 4.69) is 36.2 Å². The molecule has 0 aliphatic rings. The van der Waals surface area contributed by atoms with Gasteiger partial charge in [0.1, 0.15) is 11.6 Å². The van der Waals surface area contributed by atoms with E-state index in [0.29, 0.717) is 0 Å². The zero-order valence-electron chi connectivity index (χ0n) is 12.7. The summed E-state index contributed by atoms with van der Waals surface area (Å²) >= 11 is 6.13. The number of nitrogens with zero attached hydrogens (tertiary/aromatic N) is 3. The van der Waals surface area contributed by atoms with Crippen molar-refractivity contribution in [1.29, 1.82) is 0 Å². The second-order valence-electron chi connectivity index (χ2n) is 5.99. The third-order valence-electron chi connectivity index (χ3n) is 2.95. The van der Waals surface area contributed by atoms with Gasteiger partial charge in [0.15, 0.2) is 0 Å². The molecule has 1 heterocycles. The van der Waals surface area contributed by atoms with Gasteiger partial charge < -0.3 is 5.32 Å². The molecule has 0 aliphatic heterocycles. The summed E-state index contributed by atoms with van der Waals surface area (Å²) in [7, 11) is 0. The van der Waals surface area contributed by atoms with Crippen LogP contribution < -0.4 is 5.32 Å². The molecule has 1 aromatic heterocycles. The van der Waals surface area contributed by atoms with E-state index in [1.807, 2.05) is 36.7 Å². The fourth-order valence-corrected chi connectivity index (χ4v) is 2.21. The van der Waals surface area contributed by atoms with Crippen LogP contribution in [0.1, 0.15) is 38.0 Å². The Morgan fingerprint density at radius 2 is 1.95 bits per heavy atom. The predicted octanol–water partition coefficient (Wildman–Crippen LogP) is 3.43. The van der Waals surface area contributed by atoms with Crippen molar-refractivity contribution in [2.45, 2.75) is 46.7 Å². The fraction of sp³-hybridized carbons (Fsp3) is 0.467. The summed E-state index contributed by atoms with van der Waals surface area (Å²) in [6.45, 7) is 11.0. The summed E-state index contributed by atoms with van der Waals surface area (Å²) in [5.74, 6) is 1.65. The van der Waals surface area contributed by atoms with Crippen molar-refractivity contribution < 1.29 is 0 Å². The minimum atomic E-state index is 0.0485. The van der Waals surface area contributed by atoms with Crippen molar-refractivity contribution >= 4 is 11.6 Å². The lowest BCUT2D eigenvalue weighted by Crippen LogP contribution is -2.35. The van der Waals surface area contributed by atoms with Gasteiger partial charge in [-0.25, -0.2) is 9.67 Å². The van der Waals surface area contributed by atoms with Crippen LogP contribution in [0.5, 0.6) is 0 Å². The summed E-state index contributed by atoms with van der Waals surface area (Å²) in [6.07, 6.45) is 0. The van der Waals surface area contributed by atoms with Gasteiger partial charge in [0.25, 0.3) is 0 Å². The average molecular weight is 293 g/mol. The lowest BCUT2D eigenvalue weighted by Gasteiger charge is -2.22. The van der Waals surface area contributed by atoms with Gasteiger partial charge in [-0.3, -0.25) is 0 Å². The first-order valence-corrected chi connectivity index (χ1v) is 7.08. The van der Waals surface area contributed by atoms with Crippen LogP contribution in [0, 0.1) is 13.8 Å². The molecule has 0 unspecified atom stereocenters. The van der Waals surface area contributed by atoms with E-state index in [1.165, 1.54) is 0 Å². The van der Waals surface area contributed by atoms with Gasteiger partial charge in [-0.05, 0) is 58.4 Å². The van der Waals surface area contributed by atoms with E-state index >= 15 is 0 Å². The highest BCUT2D eigenvalue weighted by Crippen LogP contribution is 2.21. The normalized spacial score (nSPS) is 11.9. The average Bonchev–Trinajstić information content (AvgIpc) is 2.65. The number of halogens is 1. The van der Waals surface area contributed by atoms with Gasteiger partial charge in [0.2, 0.25) is 0 Å². The Morgan fingerprint density at radius 1 is 1.25 bits per heavy atom. The van der Waals surface area contributed by atoms with Gasteiger partial charge in [-0.1, -0.05) is 11.6 Å². The molecule has 2 aromatic rings. The molecule has 1 N–H and O–H groups in total. The number of nitrogens with one attached hydrogen (secondary N) is 1. The van der Waals surface area contributed by atoms with Crippen molar-refractivity contribution in [3.8, 4) is 5.69 Å². The molecular formula is C15H21ClN4. The Kier molecular flexibility index (Phi) is 4.16. The molecule has 0 fully saturated rings. The van der Waals surface area contributed by atoms with Crippen LogP contribution >= 0.6 is 11.6 Å². The Labute approximate surface area is 125 Å². The number of aryl methyl sites for hydroxylation is 2. The number of aromatic nitrogens is 3. The molecule has 108 valence electrons. The van der Waals surface area contributed by atoms with E-state index in [0.717, 1.165) is 34.5 Å². The van der Waals surface area contributed by atoms with E-state index in [-0.39, 0.29) is 5.54 Å². The third kappa shape index (κ3) is 3.58. The van der Waals surface area contributed by atoms with Crippen molar-refractivity contribution in [3.63, 3.8) is 0 Å².